The fraction of sp³-hybridized carbons (Fsp3) is 0.259. The summed E-state index contributed by atoms with van der Waals surface area (Å²) < 4.78 is 5.56. The Labute approximate surface area is 203 Å². The van der Waals surface area contributed by atoms with Gasteiger partial charge in [-0.15, -0.1) is 0 Å². The van der Waals surface area contributed by atoms with Gasteiger partial charge in [-0.2, -0.15) is 0 Å². The average molecular weight is 474 g/mol. The van der Waals surface area contributed by atoms with Crippen LogP contribution in [0.15, 0.2) is 66.9 Å². The number of hydrogen-bond donors (Lipinski definition) is 3. The fourth-order valence-electron chi connectivity index (χ4n) is 4.22. The molecule has 1 aliphatic carbocycles. The van der Waals surface area contributed by atoms with Crippen molar-refractivity contribution in [1.82, 2.24) is 15.6 Å². The number of carbonyl (C=O) groups is 3. The van der Waals surface area contributed by atoms with Crippen LogP contribution in [0.2, 0.25) is 0 Å². The third kappa shape index (κ3) is 5.32. The molecule has 2 unspecified atom stereocenters. The van der Waals surface area contributed by atoms with Crippen LogP contribution in [0.5, 0.6) is 0 Å². The van der Waals surface area contributed by atoms with Gasteiger partial charge < -0.3 is 20.5 Å². The third-order valence-electron chi connectivity index (χ3n) is 6.36. The summed E-state index contributed by atoms with van der Waals surface area (Å²) in [5.74, 6) is -1.94. The van der Waals surface area contributed by atoms with Gasteiger partial charge >= 0.3 is 12.1 Å². The van der Waals surface area contributed by atoms with Crippen LogP contribution >= 0.6 is 0 Å². The van der Waals surface area contributed by atoms with Gasteiger partial charge in [-0.05, 0) is 41.3 Å². The first-order chi connectivity index (χ1) is 16.8. The topological polar surface area (TPSA) is 118 Å². The molecule has 0 aliphatic heterocycles. The standard InChI is InChI=1S/C27H27N3O5/c1-16(25(31)29-14-19-13-18(26(32)33)11-12-28-19)17(2)30-27(34)35-15-24-22-9-5-3-7-20(22)21-8-4-6-10-23(21)24/h3-13,16-17,24H,14-15H2,1-2H3,(H,29,31)(H,30,34)(H,32,33). The molecule has 2 amide bonds. The van der Waals surface area contributed by atoms with Crippen LogP contribution in [0.25, 0.3) is 11.1 Å². The number of aromatic nitrogens is 1. The summed E-state index contributed by atoms with van der Waals surface area (Å²) in [5.41, 5.74) is 5.09. The number of ether oxygens (including phenoxy) is 1. The van der Waals surface area contributed by atoms with Crippen molar-refractivity contribution in [3.05, 3.63) is 89.2 Å². The van der Waals surface area contributed by atoms with Crippen molar-refractivity contribution in [3.8, 4) is 11.1 Å². The van der Waals surface area contributed by atoms with E-state index < -0.39 is 24.0 Å². The highest BCUT2D eigenvalue weighted by Gasteiger charge is 2.29. The van der Waals surface area contributed by atoms with Crippen molar-refractivity contribution >= 4 is 18.0 Å². The minimum Gasteiger partial charge on any atom is -0.478 e. The van der Waals surface area contributed by atoms with Crippen LogP contribution in [0.3, 0.4) is 0 Å². The van der Waals surface area contributed by atoms with Crippen LogP contribution in [-0.2, 0) is 16.1 Å². The molecule has 2 atom stereocenters. The number of fused-ring (bicyclic) bond motifs is 3. The summed E-state index contributed by atoms with van der Waals surface area (Å²) in [4.78, 5) is 40.2. The molecule has 8 nitrogen and oxygen atoms in total. The first-order valence-electron chi connectivity index (χ1n) is 11.4. The van der Waals surface area contributed by atoms with E-state index in [4.69, 9.17) is 9.84 Å². The molecule has 2 aromatic carbocycles. The molecule has 0 radical (unpaired) electrons. The third-order valence-corrected chi connectivity index (χ3v) is 6.36. The van der Waals surface area contributed by atoms with Gasteiger partial charge in [0.2, 0.25) is 5.91 Å². The number of nitrogens with one attached hydrogen (secondary N) is 2. The van der Waals surface area contributed by atoms with E-state index in [-0.39, 0.29) is 30.5 Å². The summed E-state index contributed by atoms with van der Waals surface area (Å²) in [6, 6.07) is 18.5. The maximum absolute atomic E-state index is 12.6. The van der Waals surface area contributed by atoms with Gasteiger partial charge in [-0.3, -0.25) is 9.78 Å². The number of carboxylic acid groups (broad SMARTS) is 1. The van der Waals surface area contributed by atoms with Gasteiger partial charge in [-0.25, -0.2) is 9.59 Å². The van der Waals surface area contributed by atoms with Gasteiger partial charge in [-0.1, -0.05) is 55.5 Å². The van der Waals surface area contributed by atoms with Gasteiger partial charge in [0.05, 0.1) is 23.7 Å². The molecule has 0 saturated heterocycles. The maximum Gasteiger partial charge on any atom is 0.407 e. The molecule has 1 heterocycles. The minimum atomic E-state index is -1.06. The molecular weight excluding hydrogens is 446 g/mol. The molecule has 3 N–H and O–H groups in total. The monoisotopic (exact) mass is 473 g/mol. The van der Waals surface area contributed by atoms with E-state index >= 15 is 0 Å². The molecule has 1 aromatic heterocycles. The number of carbonyl (C=O) groups excluding carboxylic acids is 2. The second-order valence-corrected chi connectivity index (χ2v) is 8.61. The van der Waals surface area contributed by atoms with E-state index in [2.05, 4.69) is 39.9 Å². The fourth-order valence-corrected chi connectivity index (χ4v) is 4.22. The Hall–Kier alpha value is -4.20. The molecular formula is C27H27N3O5. The van der Waals surface area contributed by atoms with Gasteiger partial charge in [0.25, 0.3) is 0 Å². The van der Waals surface area contributed by atoms with Gasteiger partial charge in [0, 0.05) is 18.2 Å². The van der Waals surface area contributed by atoms with E-state index in [0.29, 0.717) is 5.69 Å². The highest BCUT2D eigenvalue weighted by molar-refractivity contribution is 5.87. The smallest absolute Gasteiger partial charge is 0.407 e. The Kier molecular flexibility index (Phi) is 7.10. The first kappa shape index (κ1) is 23.9. The van der Waals surface area contributed by atoms with Crippen molar-refractivity contribution in [2.75, 3.05) is 6.61 Å². The van der Waals surface area contributed by atoms with E-state index in [1.165, 1.54) is 18.3 Å². The number of nitrogens with zero attached hydrogens (tertiary/aromatic N) is 1. The predicted octanol–water partition coefficient (Wildman–Crippen LogP) is 3.96. The van der Waals surface area contributed by atoms with Crippen molar-refractivity contribution < 1.29 is 24.2 Å². The SMILES string of the molecule is CC(NC(=O)OCC1c2ccccc2-c2ccccc21)C(C)C(=O)NCc1cc(C(=O)O)ccn1. The molecule has 0 fully saturated rings. The zero-order chi connectivity index (χ0) is 24.9. The number of alkyl carbamates (subject to hydrolysis) is 1. The Balaban J connectivity index is 1.29. The van der Waals surface area contributed by atoms with Crippen molar-refractivity contribution in [2.45, 2.75) is 32.4 Å². The van der Waals surface area contributed by atoms with Crippen LogP contribution in [0.4, 0.5) is 4.79 Å². The maximum atomic E-state index is 12.6. The largest absolute Gasteiger partial charge is 0.478 e. The van der Waals surface area contributed by atoms with Crippen LogP contribution in [0, 0.1) is 5.92 Å². The lowest BCUT2D eigenvalue weighted by molar-refractivity contribution is -0.125. The summed E-state index contributed by atoms with van der Waals surface area (Å²) >= 11 is 0. The first-order valence-corrected chi connectivity index (χ1v) is 11.4. The van der Waals surface area contributed by atoms with Crippen molar-refractivity contribution in [1.29, 1.82) is 0 Å². The lowest BCUT2D eigenvalue weighted by Gasteiger charge is -2.21. The Bertz CT molecular complexity index is 1210. The Morgan fingerprint density at radius 1 is 1.00 bits per heavy atom. The number of carboxylic acids is 1. The second kappa shape index (κ2) is 10.4. The number of hydrogen-bond acceptors (Lipinski definition) is 5. The summed E-state index contributed by atoms with van der Waals surface area (Å²) in [5, 5.41) is 14.5. The molecule has 180 valence electrons. The molecule has 8 heteroatoms. The lowest BCUT2D eigenvalue weighted by Crippen LogP contribution is -2.44. The summed E-state index contributed by atoms with van der Waals surface area (Å²) in [7, 11) is 0. The van der Waals surface area contributed by atoms with Crippen LogP contribution in [0.1, 0.15) is 46.9 Å². The lowest BCUT2D eigenvalue weighted by atomic mass is 9.98. The Morgan fingerprint density at radius 2 is 1.63 bits per heavy atom. The zero-order valence-electron chi connectivity index (χ0n) is 19.5. The van der Waals surface area contributed by atoms with Crippen molar-refractivity contribution in [2.24, 2.45) is 5.92 Å². The average Bonchev–Trinajstić information content (AvgIpc) is 3.19. The molecule has 1 aliphatic rings. The van der Waals surface area contributed by atoms with E-state index in [1.807, 2.05) is 24.3 Å². The van der Waals surface area contributed by atoms with Crippen molar-refractivity contribution in [3.63, 3.8) is 0 Å². The number of amides is 2. The number of benzene rings is 2. The highest BCUT2D eigenvalue weighted by Crippen LogP contribution is 2.44. The number of pyridine rings is 1. The van der Waals surface area contributed by atoms with Crippen LogP contribution in [-0.4, -0.2) is 40.7 Å². The molecule has 35 heavy (non-hydrogen) atoms. The highest BCUT2D eigenvalue weighted by atomic mass is 16.5. The normalized spacial score (nSPS) is 13.8. The van der Waals surface area contributed by atoms with Gasteiger partial charge in [0.15, 0.2) is 0 Å². The zero-order valence-corrected chi connectivity index (χ0v) is 19.5. The predicted molar refractivity (Wildman–Crippen MR) is 130 cm³/mol. The number of rotatable bonds is 8. The van der Waals surface area contributed by atoms with E-state index in [9.17, 15) is 14.4 Å². The Morgan fingerprint density at radius 3 is 2.26 bits per heavy atom. The molecule has 0 bridgehead atoms. The summed E-state index contributed by atoms with van der Waals surface area (Å²) in [6.07, 6.45) is 0.797. The quantitative estimate of drug-likeness (QED) is 0.456. The van der Waals surface area contributed by atoms with E-state index in [1.54, 1.807) is 13.8 Å². The second-order valence-electron chi connectivity index (χ2n) is 8.61. The molecule has 0 spiro atoms. The van der Waals surface area contributed by atoms with Gasteiger partial charge in [0.1, 0.15) is 6.61 Å². The minimum absolute atomic E-state index is 0.0433. The van der Waals surface area contributed by atoms with Crippen LogP contribution < -0.4 is 10.6 Å². The van der Waals surface area contributed by atoms with E-state index in [0.717, 1.165) is 22.3 Å². The number of aromatic carboxylic acids is 1. The summed E-state index contributed by atoms with van der Waals surface area (Å²) in [6.45, 7) is 3.71. The molecule has 0 saturated carbocycles. The molecule has 4 rings (SSSR count). The molecule has 3 aromatic rings.